The molecule has 0 aliphatic carbocycles. The van der Waals surface area contributed by atoms with Crippen molar-refractivity contribution in [2.24, 2.45) is 0 Å². The van der Waals surface area contributed by atoms with Crippen LogP contribution in [0.15, 0.2) is 35.2 Å². The quantitative estimate of drug-likeness (QED) is 0.943. The van der Waals surface area contributed by atoms with Crippen LogP contribution in [0.25, 0.3) is 0 Å². The number of aromatic nitrogens is 1. The summed E-state index contributed by atoms with van der Waals surface area (Å²) in [6.45, 7) is 4.01. The summed E-state index contributed by atoms with van der Waals surface area (Å²) < 4.78 is 0. The van der Waals surface area contributed by atoms with Crippen molar-refractivity contribution in [3.63, 3.8) is 0 Å². The summed E-state index contributed by atoms with van der Waals surface area (Å²) in [5.74, 6) is 0.444. The molecule has 6 nitrogen and oxygen atoms in total. The number of pyridine rings is 1. The van der Waals surface area contributed by atoms with Crippen molar-refractivity contribution >= 4 is 34.8 Å². The monoisotopic (exact) mass is 316 g/mol. The van der Waals surface area contributed by atoms with Crippen LogP contribution in [-0.4, -0.2) is 41.5 Å². The standard InChI is InChI=1S/C15H16N4O2S/c1-2-18-6-7-19(15(18)21)13-4-3-12(9-16-13)17-14(20)11-5-8-22-10-11/h3-5,8-10H,2,6-7H2,1H3,(H,17,20). The van der Waals surface area contributed by atoms with Crippen LogP contribution in [0.1, 0.15) is 17.3 Å². The second kappa shape index (κ2) is 6.15. The molecule has 0 saturated carbocycles. The van der Waals surface area contributed by atoms with Gasteiger partial charge in [0.25, 0.3) is 5.91 Å². The maximum atomic E-state index is 12.1. The second-order valence-corrected chi connectivity index (χ2v) is 5.67. The van der Waals surface area contributed by atoms with Gasteiger partial charge in [0.1, 0.15) is 5.82 Å². The van der Waals surface area contributed by atoms with Gasteiger partial charge in [0.2, 0.25) is 0 Å². The normalized spacial score (nSPS) is 14.5. The van der Waals surface area contributed by atoms with Crippen molar-refractivity contribution in [2.75, 3.05) is 29.9 Å². The van der Waals surface area contributed by atoms with E-state index >= 15 is 0 Å². The van der Waals surface area contributed by atoms with Crippen molar-refractivity contribution < 1.29 is 9.59 Å². The minimum absolute atomic E-state index is 0.0231. The van der Waals surface area contributed by atoms with Gasteiger partial charge in [-0.1, -0.05) is 0 Å². The van der Waals surface area contributed by atoms with Crippen molar-refractivity contribution in [1.29, 1.82) is 0 Å². The lowest BCUT2D eigenvalue weighted by Gasteiger charge is -2.16. The number of likely N-dealkylation sites (N-methyl/N-ethyl adjacent to an activating group) is 1. The van der Waals surface area contributed by atoms with Gasteiger partial charge < -0.3 is 10.2 Å². The number of urea groups is 1. The van der Waals surface area contributed by atoms with Gasteiger partial charge in [-0.2, -0.15) is 11.3 Å². The van der Waals surface area contributed by atoms with Gasteiger partial charge in [-0.25, -0.2) is 9.78 Å². The van der Waals surface area contributed by atoms with Gasteiger partial charge in [0, 0.05) is 25.0 Å². The number of rotatable bonds is 4. The third-order valence-electron chi connectivity index (χ3n) is 3.54. The molecule has 2 aromatic rings. The highest BCUT2D eigenvalue weighted by Crippen LogP contribution is 2.20. The zero-order chi connectivity index (χ0) is 15.5. The van der Waals surface area contributed by atoms with Gasteiger partial charge in [-0.05, 0) is 30.5 Å². The molecule has 0 radical (unpaired) electrons. The molecule has 1 fully saturated rings. The molecule has 1 saturated heterocycles. The van der Waals surface area contributed by atoms with Crippen molar-refractivity contribution in [3.05, 3.63) is 40.7 Å². The molecule has 1 N–H and O–H groups in total. The molecule has 3 heterocycles. The Hall–Kier alpha value is -2.41. The Morgan fingerprint density at radius 3 is 2.82 bits per heavy atom. The molecule has 114 valence electrons. The minimum Gasteiger partial charge on any atom is -0.323 e. The summed E-state index contributed by atoms with van der Waals surface area (Å²) in [5.41, 5.74) is 1.24. The molecule has 3 amide bonds. The van der Waals surface area contributed by atoms with Crippen LogP contribution in [0.2, 0.25) is 0 Å². The van der Waals surface area contributed by atoms with E-state index in [1.165, 1.54) is 11.3 Å². The molecule has 0 aromatic carbocycles. The zero-order valence-corrected chi connectivity index (χ0v) is 13.0. The molecule has 0 bridgehead atoms. The number of hydrogen-bond acceptors (Lipinski definition) is 4. The largest absolute Gasteiger partial charge is 0.325 e. The van der Waals surface area contributed by atoms with Crippen LogP contribution in [0.5, 0.6) is 0 Å². The van der Waals surface area contributed by atoms with E-state index in [0.717, 1.165) is 0 Å². The number of amides is 3. The van der Waals surface area contributed by atoms with Gasteiger partial charge in [0.05, 0.1) is 17.4 Å². The lowest BCUT2D eigenvalue weighted by atomic mass is 10.3. The molecule has 7 heteroatoms. The Labute approximate surface area is 132 Å². The summed E-state index contributed by atoms with van der Waals surface area (Å²) in [6, 6.07) is 5.25. The molecule has 1 aliphatic heterocycles. The number of carbonyl (C=O) groups excluding carboxylic acids is 2. The van der Waals surface area contributed by atoms with Gasteiger partial charge >= 0.3 is 6.03 Å². The van der Waals surface area contributed by atoms with Gasteiger partial charge in [0.15, 0.2) is 0 Å². The zero-order valence-electron chi connectivity index (χ0n) is 12.2. The molecule has 1 aliphatic rings. The second-order valence-electron chi connectivity index (χ2n) is 4.89. The lowest BCUT2D eigenvalue weighted by Crippen LogP contribution is -2.32. The van der Waals surface area contributed by atoms with Crippen molar-refractivity contribution in [1.82, 2.24) is 9.88 Å². The molecule has 0 spiro atoms. The Morgan fingerprint density at radius 1 is 1.36 bits per heavy atom. The van der Waals surface area contributed by atoms with Crippen LogP contribution < -0.4 is 10.2 Å². The van der Waals surface area contributed by atoms with Gasteiger partial charge in [-0.3, -0.25) is 9.69 Å². The summed E-state index contributed by atoms with van der Waals surface area (Å²) in [7, 11) is 0. The van der Waals surface area contributed by atoms with Crippen LogP contribution in [0.4, 0.5) is 16.3 Å². The van der Waals surface area contributed by atoms with Gasteiger partial charge in [-0.15, -0.1) is 0 Å². The number of thiophene rings is 1. The third kappa shape index (κ3) is 2.80. The first-order valence-corrected chi connectivity index (χ1v) is 7.99. The first-order valence-electron chi connectivity index (χ1n) is 7.05. The Morgan fingerprint density at radius 2 is 2.23 bits per heavy atom. The summed E-state index contributed by atoms with van der Waals surface area (Å²) >= 11 is 1.47. The maximum Gasteiger partial charge on any atom is 0.325 e. The van der Waals surface area contributed by atoms with E-state index in [1.807, 2.05) is 12.3 Å². The Bertz CT molecular complexity index is 669. The Balaban J connectivity index is 1.68. The Kier molecular flexibility index (Phi) is 4.06. The number of anilines is 2. The predicted octanol–water partition coefficient (Wildman–Crippen LogP) is 2.66. The van der Waals surface area contributed by atoms with E-state index in [1.54, 1.807) is 39.6 Å². The average Bonchev–Trinajstić information content (AvgIpc) is 3.18. The highest BCUT2D eigenvalue weighted by Gasteiger charge is 2.28. The summed E-state index contributed by atoms with van der Waals surface area (Å²) in [4.78, 5) is 31.7. The molecule has 0 unspecified atom stereocenters. The fourth-order valence-corrected chi connectivity index (χ4v) is 2.94. The lowest BCUT2D eigenvalue weighted by molar-refractivity contribution is 0.102. The van der Waals surface area contributed by atoms with E-state index < -0.39 is 0 Å². The van der Waals surface area contributed by atoms with Crippen LogP contribution >= 0.6 is 11.3 Å². The van der Waals surface area contributed by atoms with E-state index in [2.05, 4.69) is 10.3 Å². The van der Waals surface area contributed by atoms with Crippen LogP contribution in [-0.2, 0) is 0 Å². The van der Waals surface area contributed by atoms with E-state index in [-0.39, 0.29) is 11.9 Å². The minimum atomic E-state index is -0.162. The molecular formula is C15H16N4O2S. The van der Waals surface area contributed by atoms with E-state index in [4.69, 9.17) is 0 Å². The highest BCUT2D eigenvalue weighted by molar-refractivity contribution is 7.08. The topological polar surface area (TPSA) is 65.5 Å². The summed E-state index contributed by atoms with van der Waals surface area (Å²) in [6.07, 6.45) is 1.57. The van der Waals surface area contributed by atoms with Crippen LogP contribution in [0, 0.1) is 0 Å². The number of carbonyl (C=O) groups is 2. The van der Waals surface area contributed by atoms with E-state index in [9.17, 15) is 9.59 Å². The number of hydrogen-bond donors (Lipinski definition) is 1. The number of nitrogens with zero attached hydrogens (tertiary/aromatic N) is 3. The van der Waals surface area contributed by atoms with E-state index in [0.29, 0.717) is 36.7 Å². The van der Waals surface area contributed by atoms with Crippen molar-refractivity contribution in [3.8, 4) is 0 Å². The molecule has 0 atom stereocenters. The molecular weight excluding hydrogens is 300 g/mol. The molecule has 3 rings (SSSR count). The predicted molar refractivity (Wildman–Crippen MR) is 86.5 cm³/mol. The average molecular weight is 316 g/mol. The first-order chi connectivity index (χ1) is 10.7. The molecule has 22 heavy (non-hydrogen) atoms. The fourth-order valence-electron chi connectivity index (χ4n) is 2.31. The van der Waals surface area contributed by atoms with Crippen LogP contribution in [0.3, 0.4) is 0 Å². The smallest absolute Gasteiger partial charge is 0.323 e. The SMILES string of the molecule is CCN1CCN(c2ccc(NC(=O)c3ccsc3)cn2)C1=O. The molecule has 2 aromatic heterocycles. The third-order valence-corrected chi connectivity index (χ3v) is 4.23. The summed E-state index contributed by atoms with van der Waals surface area (Å²) in [5, 5.41) is 6.43. The fraction of sp³-hybridized carbons (Fsp3) is 0.267. The number of nitrogens with one attached hydrogen (secondary N) is 1. The first kappa shape index (κ1) is 14.5. The maximum absolute atomic E-state index is 12.1. The highest BCUT2D eigenvalue weighted by atomic mass is 32.1. The van der Waals surface area contributed by atoms with Crippen molar-refractivity contribution in [2.45, 2.75) is 6.92 Å².